The minimum Gasteiger partial charge on any atom is -0.338 e. The van der Waals surface area contributed by atoms with Gasteiger partial charge in [0.25, 0.3) is 0 Å². The molecule has 4 aromatic rings. The molecular formula is C24H23N3O3S. The third-order valence-electron chi connectivity index (χ3n) is 5.08. The summed E-state index contributed by atoms with van der Waals surface area (Å²) in [5.41, 5.74) is 3.97. The number of para-hydroxylation sites is 3. The minimum atomic E-state index is -3.33. The van der Waals surface area contributed by atoms with Crippen LogP contribution in [0, 0.1) is 0 Å². The van der Waals surface area contributed by atoms with E-state index in [2.05, 4.69) is 15.3 Å². The first-order valence-electron chi connectivity index (χ1n) is 10.0. The van der Waals surface area contributed by atoms with Crippen LogP contribution in [-0.4, -0.2) is 29.5 Å². The Kier molecular flexibility index (Phi) is 5.61. The summed E-state index contributed by atoms with van der Waals surface area (Å²) in [4.78, 5) is 20.8. The smallest absolute Gasteiger partial charge is 0.228 e. The standard InChI is InChI=1S/C24H23N3O3S/c1-16(2)31(29,30)18-13-11-17(12-14-18)15-23(28)25-20-8-4-3-7-19(20)24-26-21-9-5-6-10-22(21)27-24/h3-14,16H,15H2,1-2H3,(H,25,28)(H,26,27). The van der Waals surface area contributed by atoms with Gasteiger partial charge in [-0.25, -0.2) is 13.4 Å². The summed E-state index contributed by atoms with van der Waals surface area (Å²) in [7, 11) is -3.33. The summed E-state index contributed by atoms with van der Waals surface area (Å²) in [5.74, 6) is 0.489. The lowest BCUT2D eigenvalue weighted by atomic mass is 10.1. The third-order valence-corrected chi connectivity index (χ3v) is 7.25. The first-order chi connectivity index (χ1) is 14.8. The van der Waals surface area contributed by atoms with Crippen LogP contribution in [-0.2, 0) is 21.1 Å². The van der Waals surface area contributed by atoms with E-state index in [1.165, 1.54) is 0 Å². The largest absolute Gasteiger partial charge is 0.338 e. The van der Waals surface area contributed by atoms with Gasteiger partial charge in [0.1, 0.15) is 5.82 Å². The number of rotatable bonds is 6. The Morgan fingerprint density at radius 1 is 0.968 bits per heavy atom. The molecule has 7 heteroatoms. The number of aromatic nitrogens is 2. The first kappa shape index (κ1) is 20.8. The van der Waals surface area contributed by atoms with Crippen LogP contribution >= 0.6 is 0 Å². The lowest BCUT2D eigenvalue weighted by Gasteiger charge is -2.11. The van der Waals surface area contributed by atoms with Crippen LogP contribution in [0.2, 0.25) is 0 Å². The van der Waals surface area contributed by atoms with Gasteiger partial charge < -0.3 is 10.3 Å². The highest BCUT2D eigenvalue weighted by molar-refractivity contribution is 7.92. The molecule has 0 aliphatic heterocycles. The van der Waals surface area contributed by atoms with Crippen molar-refractivity contribution in [2.75, 3.05) is 5.32 Å². The quantitative estimate of drug-likeness (QED) is 0.465. The summed E-state index contributed by atoms with van der Waals surface area (Å²) in [6.45, 7) is 3.30. The van der Waals surface area contributed by atoms with Gasteiger partial charge in [-0.1, -0.05) is 36.4 Å². The molecule has 0 saturated carbocycles. The van der Waals surface area contributed by atoms with E-state index >= 15 is 0 Å². The van der Waals surface area contributed by atoms with Crippen molar-refractivity contribution >= 4 is 32.5 Å². The Morgan fingerprint density at radius 2 is 1.65 bits per heavy atom. The molecule has 3 aromatic carbocycles. The highest BCUT2D eigenvalue weighted by Crippen LogP contribution is 2.27. The Morgan fingerprint density at radius 3 is 2.35 bits per heavy atom. The molecule has 6 nitrogen and oxygen atoms in total. The minimum absolute atomic E-state index is 0.135. The number of anilines is 1. The number of fused-ring (bicyclic) bond motifs is 1. The maximum Gasteiger partial charge on any atom is 0.228 e. The highest BCUT2D eigenvalue weighted by Gasteiger charge is 2.19. The van der Waals surface area contributed by atoms with Gasteiger partial charge in [0.05, 0.1) is 33.3 Å². The Balaban J connectivity index is 1.52. The van der Waals surface area contributed by atoms with Gasteiger partial charge in [-0.2, -0.15) is 0 Å². The average Bonchev–Trinajstić information content (AvgIpc) is 3.18. The van der Waals surface area contributed by atoms with Gasteiger partial charge in [0, 0.05) is 5.56 Å². The predicted octanol–water partition coefficient (Wildman–Crippen LogP) is 4.59. The van der Waals surface area contributed by atoms with Crippen molar-refractivity contribution in [2.24, 2.45) is 0 Å². The van der Waals surface area contributed by atoms with Gasteiger partial charge in [-0.15, -0.1) is 0 Å². The SMILES string of the molecule is CC(C)S(=O)(=O)c1ccc(CC(=O)Nc2ccccc2-c2nc3ccccc3[nH]2)cc1. The second-order valence-corrected chi connectivity index (χ2v) is 10.1. The van der Waals surface area contributed by atoms with E-state index in [9.17, 15) is 13.2 Å². The van der Waals surface area contributed by atoms with Crippen LogP contribution < -0.4 is 5.32 Å². The fraction of sp³-hybridized carbons (Fsp3) is 0.167. The van der Waals surface area contributed by atoms with Crippen LogP contribution in [0.3, 0.4) is 0 Å². The number of hydrogen-bond acceptors (Lipinski definition) is 4. The van der Waals surface area contributed by atoms with Crippen LogP contribution in [0.15, 0.2) is 77.7 Å². The maximum atomic E-state index is 12.7. The van der Waals surface area contributed by atoms with E-state index < -0.39 is 15.1 Å². The number of imidazole rings is 1. The average molecular weight is 434 g/mol. The molecule has 0 spiro atoms. The van der Waals surface area contributed by atoms with Crippen molar-refractivity contribution in [3.05, 3.63) is 78.4 Å². The Hall–Kier alpha value is -3.45. The summed E-state index contributed by atoms with van der Waals surface area (Å²) in [6.07, 6.45) is 0.135. The number of sulfone groups is 1. The topological polar surface area (TPSA) is 91.9 Å². The number of benzene rings is 3. The number of carbonyl (C=O) groups is 1. The van der Waals surface area contributed by atoms with Crippen molar-refractivity contribution in [1.82, 2.24) is 9.97 Å². The number of nitrogens with one attached hydrogen (secondary N) is 2. The number of aromatic amines is 1. The predicted molar refractivity (Wildman–Crippen MR) is 123 cm³/mol. The van der Waals surface area contributed by atoms with E-state index in [1.54, 1.807) is 38.1 Å². The molecule has 1 aromatic heterocycles. The maximum absolute atomic E-state index is 12.7. The summed E-state index contributed by atoms with van der Waals surface area (Å²) in [5, 5.41) is 2.46. The normalized spacial score (nSPS) is 11.7. The third kappa shape index (κ3) is 4.36. The molecule has 0 unspecified atom stereocenters. The van der Waals surface area contributed by atoms with Crippen molar-refractivity contribution in [3.8, 4) is 11.4 Å². The monoisotopic (exact) mass is 433 g/mol. The number of amides is 1. The molecule has 4 rings (SSSR count). The van der Waals surface area contributed by atoms with E-state index in [1.807, 2.05) is 48.5 Å². The van der Waals surface area contributed by atoms with E-state index in [4.69, 9.17) is 0 Å². The molecule has 0 radical (unpaired) electrons. The number of H-pyrrole nitrogens is 1. The molecule has 2 N–H and O–H groups in total. The van der Waals surface area contributed by atoms with Gasteiger partial charge in [0.2, 0.25) is 5.91 Å². The molecule has 0 bridgehead atoms. The van der Waals surface area contributed by atoms with Crippen molar-refractivity contribution in [2.45, 2.75) is 30.4 Å². The second kappa shape index (κ2) is 8.35. The Bertz CT molecular complexity index is 1310. The molecule has 0 atom stereocenters. The van der Waals surface area contributed by atoms with E-state index in [-0.39, 0.29) is 17.2 Å². The summed E-state index contributed by atoms with van der Waals surface area (Å²) < 4.78 is 24.5. The zero-order valence-corrected chi connectivity index (χ0v) is 18.1. The zero-order chi connectivity index (χ0) is 22.0. The fourth-order valence-corrected chi connectivity index (χ4v) is 4.39. The van der Waals surface area contributed by atoms with Crippen LogP contribution in [0.5, 0.6) is 0 Å². The van der Waals surface area contributed by atoms with Crippen molar-refractivity contribution in [1.29, 1.82) is 0 Å². The van der Waals surface area contributed by atoms with Crippen LogP contribution in [0.25, 0.3) is 22.4 Å². The second-order valence-electron chi connectivity index (χ2n) is 7.61. The van der Waals surface area contributed by atoms with E-state index in [0.717, 1.165) is 22.2 Å². The Labute approximate surface area is 181 Å². The fourth-order valence-electron chi connectivity index (χ4n) is 3.33. The molecule has 31 heavy (non-hydrogen) atoms. The van der Waals surface area contributed by atoms with Crippen molar-refractivity contribution in [3.63, 3.8) is 0 Å². The van der Waals surface area contributed by atoms with Crippen molar-refractivity contribution < 1.29 is 13.2 Å². The van der Waals surface area contributed by atoms with E-state index in [0.29, 0.717) is 11.5 Å². The summed E-state index contributed by atoms with van der Waals surface area (Å²) in [6, 6.07) is 21.7. The van der Waals surface area contributed by atoms with Gasteiger partial charge in [-0.05, 0) is 55.8 Å². The number of nitrogens with zero attached hydrogens (tertiary/aromatic N) is 1. The molecule has 1 heterocycles. The lowest BCUT2D eigenvalue weighted by molar-refractivity contribution is -0.115. The molecular weight excluding hydrogens is 410 g/mol. The molecule has 0 saturated heterocycles. The first-order valence-corrected chi connectivity index (χ1v) is 11.6. The van der Waals surface area contributed by atoms with Crippen LogP contribution in [0.1, 0.15) is 19.4 Å². The van der Waals surface area contributed by atoms with Gasteiger partial charge in [0.15, 0.2) is 9.84 Å². The zero-order valence-electron chi connectivity index (χ0n) is 17.3. The molecule has 0 aliphatic rings. The molecule has 1 amide bonds. The number of hydrogen-bond donors (Lipinski definition) is 2. The van der Waals surface area contributed by atoms with Gasteiger partial charge in [-0.3, -0.25) is 4.79 Å². The molecule has 158 valence electrons. The highest BCUT2D eigenvalue weighted by atomic mass is 32.2. The summed E-state index contributed by atoms with van der Waals surface area (Å²) >= 11 is 0. The van der Waals surface area contributed by atoms with Crippen LogP contribution in [0.4, 0.5) is 5.69 Å². The van der Waals surface area contributed by atoms with Gasteiger partial charge >= 0.3 is 0 Å². The number of carbonyl (C=O) groups excluding carboxylic acids is 1. The molecule has 0 fully saturated rings. The molecule has 0 aliphatic carbocycles. The lowest BCUT2D eigenvalue weighted by Crippen LogP contribution is -2.16.